The van der Waals surface area contributed by atoms with Gasteiger partial charge >= 0.3 is 0 Å². The summed E-state index contributed by atoms with van der Waals surface area (Å²) in [5, 5.41) is 12.0. The maximum atomic E-state index is 4.34. The van der Waals surface area contributed by atoms with Crippen LogP contribution in [0.3, 0.4) is 0 Å². The Morgan fingerprint density at radius 1 is 0.905 bits per heavy atom. The molecule has 0 amide bonds. The van der Waals surface area contributed by atoms with Gasteiger partial charge in [0.1, 0.15) is 0 Å². The van der Waals surface area contributed by atoms with Crippen molar-refractivity contribution < 1.29 is 0 Å². The maximum Gasteiger partial charge on any atom is 0.238 e. The molecule has 0 saturated heterocycles. The van der Waals surface area contributed by atoms with Crippen molar-refractivity contribution in [3.8, 4) is 0 Å². The van der Waals surface area contributed by atoms with E-state index in [0.717, 1.165) is 29.5 Å². The molecule has 1 N–H and O–H groups in total. The van der Waals surface area contributed by atoms with Crippen LogP contribution in [0, 0.1) is 0 Å². The lowest BCUT2D eigenvalue weighted by Crippen LogP contribution is -1.96. The summed E-state index contributed by atoms with van der Waals surface area (Å²) in [7, 11) is 0. The first-order valence-corrected chi connectivity index (χ1v) is 7.03. The molecule has 2 aromatic carbocycles. The normalized spacial score (nSPS) is 11.3. The highest BCUT2D eigenvalue weighted by Crippen LogP contribution is 2.24. The summed E-state index contributed by atoms with van der Waals surface area (Å²) in [4.78, 5) is 0. The number of aromatic nitrogens is 4. The summed E-state index contributed by atoms with van der Waals surface area (Å²) in [5.41, 5.74) is 3.28. The van der Waals surface area contributed by atoms with Gasteiger partial charge in [0.05, 0.1) is 11.0 Å². The molecule has 4 aromatic rings. The van der Waals surface area contributed by atoms with Crippen LogP contribution in [0.2, 0.25) is 0 Å². The molecule has 0 saturated carbocycles. The third-order valence-corrected chi connectivity index (χ3v) is 3.65. The van der Waals surface area contributed by atoms with Crippen molar-refractivity contribution in [3.63, 3.8) is 0 Å². The van der Waals surface area contributed by atoms with Crippen molar-refractivity contribution in [2.24, 2.45) is 0 Å². The summed E-state index contributed by atoms with van der Waals surface area (Å²) >= 11 is 0. The van der Waals surface area contributed by atoms with E-state index >= 15 is 0 Å². The lowest BCUT2D eigenvalue weighted by atomic mass is 10.3. The topological polar surface area (TPSA) is 47.1 Å². The van der Waals surface area contributed by atoms with E-state index in [9.17, 15) is 0 Å². The number of benzene rings is 2. The molecule has 2 aromatic heterocycles. The number of nitrogens with zero attached hydrogens (tertiary/aromatic N) is 4. The molecule has 104 valence electrons. The summed E-state index contributed by atoms with van der Waals surface area (Å²) < 4.78 is 4.23. The number of fused-ring (bicyclic) bond motifs is 3. The zero-order valence-corrected chi connectivity index (χ0v) is 11.7. The van der Waals surface area contributed by atoms with Crippen LogP contribution >= 0.6 is 0 Å². The number of hydrogen-bond acceptors (Lipinski definition) is 3. The molecule has 0 bridgehead atoms. The molecule has 21 heavy (non-hydrogen) atoms. The first-order chi connectivity index (χ1) is 10.4. The molecule has 5 nitrogen and oxygen atoms in total. The molecule has 5 heteroatoms. The quantitative estimate of drug-likeness (QED) is 0.624. The average molecular weight is 277 g/mol. The Hall–Kier alpha value is -2.82. The first kappa shape index (κ1) is 12.0. The summed E-state index contributed by atoms with van der Waals surface area (Å²) in [6.07, 6.45) is 0. The summed E-state index contributed by atoms with van der Waals surface area (Å²) in [6.45, 7) is 2.98. The minimum atomic E-state index is 0.736. The first-order valence-electron chi connectivity index (χ1n) is 7.03. The Morgan fingerprint density at radius 3 is 2.38 bits per heavy atom. The van der Waals surface area contributed by atoms with E-state index in [1.807, 2.05) is 42.5 Å². The minimum Gasteiger partial charge on any atom is -0.324 e. The fourth-order valence-electron chi connectivity index (χ4n) is 2.71. The van der Waals surface area contributed by atoms with Gasteiger partial charge in [0.15, 0.2) is 0 Å². The molecule has 0 fully saturated rings. The van der Waals surface area contributed by atoms with Crippen molar-refractivity contribution in [2.75, 3.05) is 5.32 Å². The number of nitrogens with one attached hydrogen (secondary N) is 1. The van der Waals surface area contributed by atoms with Gasteiger partial charge in [0.25, 0.3) is 0 Å². The predicted molar refractivity (Wildman–Crippen MR) is 83.9 cm³/mol. The third kappa shape index (κ3) is 1.78. The van der Waals surface area contributed by atoms with Crippen molar-refractivity contribution >= 4 is 28.4 Å². The standard InChI is InChI=1S/C16H15N5/c1-2-20-13-10-6-7-11-14(13)21-15(18-19-16(20)21)17-12-8-4-3-5-9-12/h3-11H,2H2,1H3,(H,17,18). The van der Waals surface area contributed by atoms with Crippen LogP contribution in [-0.4, -0.2) is 19.2 Å². The van der Waals surface area contributed by atoms with Crippen molar-refractivity contribution in [1.82, 2.24) is 19.2 Å². The van der Waals surface area contributed by atoms with E-state index in [4.69, 9.17) is 0 Å². The second-order valence-corrected chi connectivity index (χ2v) is 4.88. The van der Waals surface area contributed by atoms with E-state index in [0.29, 0.717) is 0 Å². The van der Waals surface area contributed by atoms with Crippen LogP contribution in [0.4, 0.5) is 11.6 Å². The van der Waals surface area contributed by atoms with Gasteiger partial charge in [-0.1, -0.05) is 30.3 Å². The summed E-state index contributed by atoms with van der Waals surface area (Å²) in [5.74, 6) is 1.59. The van der Waals surface area contributed by atoms with Crippen molar-refractivity contribution in [1.29, 1.82) is 0 Å². The molecule has 2 heterocycles. The lowest BCUT2D eigenvalue weighted by molar-refractivity contribution is 0.803. The average Bonchev–Trinajstić information content (AvgIpc) is 3.07. The van der Waals surface area contributed by atoms with Crippen LogP contribution < -0.4 is 5.32 Å². The largest absolute Gasteiger partial charge is 0.324 e. The molecule has 0 radical (unpaired) electrons. The smallest absolute Gasteiger partial charge is 0.238 e. The zero-order chi connectivity index (χ0) is 14.2. The molecule has 0 aliphatic heterocycles. The third-order valence-electron chi connectivity index (χ3n) is 3.65. The lowest BCUT2D eigenvalue weighted by Gasteiger charge is -2.02. The van der Waals surface area contributed by atoms with E-state index in [1.54, 1.807) is 0 Å². The van der Waals surface area contributed by atoms with Gasteiger partial charge in [0.2, 0.25) is 11.7 Å². The predicted octanol–water partition coefficient (Wildman–Crippen LogP) is 3.45. The van der Waals surface area contributed by atoms with Crippen LogP contribution in [0.25, 0.3) is 16.8 Å². The highest BCUT2D eigenvalue weighted by atomic mass is 15.4. The SMILES string of the molecule is CCn1c2ccccc2n2c(Nc3ccccc3)nnc12. The van der Waals surface area contributed by atoms with Gasteiger partial charge < -0.3 is 9.88 Å². The van der Waals surface area contributed by atoms with Crippen molar-refractivity contribution in [3.05, 3.63) is 54.6 Å². The Labute approximate surface area is 121 Å². The number of para-hydroxylation sites is 3. The van der Waals surface area contributed by atoms with Crippen LogP contribution in [0.15, 0.2) is 54.6 Å². The Bertz CT molecular complexity index is 904. The second-order valence-electron chi connectivity index (χ2n) is 4.88. The molecule has 4 rings (SSSR count). The van der Waals surface area contributed by atoms with Gasteiger partial charge in [0, 0.05) is 12.2 Å². The van der Waals surface area contributed by atoms with E-state index in [1.165, 1.54) is 5.52 Å². The van der Waals surface area contributed by atoms with Crippen LogP contribution in [-0.2, 0) is 6.54 Å². The molecule has 0 aliphatic rings. The van der Waals surface area contributed by atoms with Gasteiger partial charge in [-0.3, -0.25) is 0 Å². The molecule has 0 atom stereocenters. The number of hydrogen-bond donors (Lipinski definition) is 1. The highest BCUT2D eigenvalue weighted by Gasteiger charge is 2.15. The Kier molecular flexibility index (Phi) is 2.64. The summed E-state index contributed by atoms with van der Waals surface area (Å²) in [6, 6.07) is 18.3. The molecule has 0 spiro atoms. The van der Waals surface area contributed by atoms with E-state index in [-0.39, 0.29) is 0 Å². The highest BCUT2D eigenvalue weighted by molar-refractivity contribution is 5.82. The van der Waals surface area contributed by atoms with Gasteiger partial charge in [-0.15, -0.1) is 10.2 Å². The van der Waals surface area contributed by atoms with Gasteiger partial charge in [-0.05, 0) is 31.2 Å². The van der Waals surface area contributed by atoms with Gasteiger partial charge in [-0.2, -0.15) is 0 Å². The fraction of sp³-hybridized carbons (Fsp3) is 0.125. The Balaban J connectivity index is 1.95. The second kappa shape index (κ2) is 4.63. The van der Waals surface area contributed by atoms with Crippen LogP contribution in [0.5, 0.6) is 0 Å². The maximum absolute atomic E-state index is 4.34. The monoisotopic (exact) mass is 277 g/mol. The van der Waals surface area contributed by atoms with Crippen LogP contribution in [0.1, 0.15) is 6.92 Å². The minimum absolute atomic E-state index is 0.736. The zero-order valence-electron chi connectivity index (χ0n) is 11.7. The molecular weight excluding hydrogens is 262 g/mol. The van der Waals surface area contributed by atoms with Crippen molar-refractivity contribution in [2.45, 2.75) is 13.5 Å². The van der Waals surface area contributed by atoms with E-state index in [2.05, 4.69) is 43.5 Å². The molecule has 0 aliphatic carbocycles. The fourth-order valence-corrected chi connectivity index (χ4v) is 2.71. The number of anilines is 2. The number of rotatable bonds is 3. The molecular formula is C16H15N5. The molecule has 0 unspecified atom stereocenters. The number of aryl methyl sites for hydroxylation is 1. The Morgan fingerprint density at radius 2 is 1.62 bits per heavy atom. The van der Waals surface area contributed by atoms with Gasteiger partial charge in [-0.25, -0.2) is 4.40 Å². The van der Waals surface area contributed by atoms with E-state index < -0.39 is 0 Å². The number of imidazole rings is 1.